The molecule has 0 saturated carbocycles. The molecule has 29 heavy (non-hydrogen) atoms. The number of oxazole rings is 1. The van der Waals surface area contributed by atoms with Gasteiger partial charge in [-0.15, -0.1) is 0 Å². The zero-order valence-corrected chi connectivity index (χ0v) is 16.3. The molecule has 0 aliphatic heterocycles. The van der Waals surface area contributed by atoms with E-state index in [9.17, 15) is 4.79 Å². The van der Waals surface area contributed by atoms with E-state index in [1.165, 1.54) is 7.11 Å². The number of methoxy groups -OCH3 is 1. The summed E-state index contributed by atoms with van der Waals surface area (Å²) in [6, 6.07) is 21.2. The number of hydrogen-bond donors (Lipinski definition) is 0. The van der Waals surface area contributed by atoms with E-state index >= 15 is 0 Å². The van der Waals surface area contributed by atoms with Gasteiger partial charge in [0.25, 0.3) is 0 Å². The van der Waals surface area contributed by atoms with Crippen LogP contribution in [0, 0.1) is 6.92 Å². The first kappa shape index (κ1) is 18.7. The molecule has 0 amide bonds. The Morgan fingerprint density at radius 3 is 2.55 bits per heavy atom. The highest BCUT2D eigenvalue weighted by molar-refractivity contribution is 6.01. The van der Waals surface area contributed by atoms with Gasteiger partial charge in [-0.25, -0.2) is 9.78 Å². The second-order valence-electron chi connectivity index (χ2n) is 6.64. The van der Waals surface area contributed by atoms with Gasteiger partial charge >= 0.3 is 5.97 Å². The van der Waals surface area contributed by atoms with Crippen molar-refractivity contribution in [2.75, 3.05) is 13.7 Å². The number of esters is 1. The van der Waals surface area contributed by atoms with Crippen molar-refractivity contribution in [3.63, 3.8) is 0 Å². The average molecular weight is 387 g/mol. The lowest BCUT2D eigenvalue weighted by Crippen LogP contribution is -2.09. The maximum atomic E-state index is 12.2. The van der Waals surface area contributed by atoms with Crippen molar-refractivity contribution in [1.29, 1.82) is 0 Å². The molecule has 0 saturated heterocycles. The molecule has 3 aromatic carbocycles. The summed E-state index contributed by atoms with van der Waals surface area (Å²) in [5.74, 6) is 1.46. The lowest BCUT2D eigenvalue weighted by Gasteiger charge is -2.13. The smallest absolute Gasteiger partial charge is 0.341 e. The minimum absolute atomic E-state index is 0.361. The van der Waals surface area contributed by atoms with E-state index in [2.05, 4.69) is 4.98 Å². The molecule has 0 fully saturated rings. The van der Waals surface area contributed by atoms with Crippen LogP contribution in [0.2, 0.25) is 0 Å². The van der Waals surface area contributed by atoms with E-state index in [4.69, 9.17) is 13.9 Å². The van der Waals surface area contributed by atoms with E-state index in [1.807, 2.05) is 67.6 Å². The normalized spacial score (nSPS) is 10.8. The quantitative estimate of drug-likeness (QED) is 0.425. The number of benzene rings is 3. The van der Waals surface area contributed by atoms with Crippen molar-refractivity contribution in [2.24, 2.45) is 0 Å². The molecule has 0 radical (unpaired) electrons. The third-order valence-electron chi connectivity index (χ3n) is 4.78. The maximum Gasteiger partial charge on any atom is 0.341 e. The molecule has 0 unspecified atom stereocenters. The topological polar surface area (TPSA) is 61.6 Å². The van der Waals surface area contributed by atoms with Gasteiger partial charge in [-0.3, -0.25) is 0 Å². The zero-order valence-electron chi connectivity index (χ0n) is 16.3. The zero-order chi connectivity index (χ0) is 20.2. The third-order valence-corrected chi connectivity index (χ3v) is 4.78. The molecule has 5 heteroatoms. The second-order valence-corrected chi connectivity index (χ2v) is 6.64. The SMILES string of the molecule is COC(=O)c1ccc2ccccc2c1OCCc1nc(-c2ccccc2)oc1C. The Bertz CT molecular complexity index is 1150. The molecule has 4 aromatic rings. The van der Waals surface area contributed by atoms with Crippen molar-refractivity contribution >= 4 is 16.7 Å². The van der Waals surface area contributed by atoms with E-state index in [0.29, 0.717) is 30.2 Å². The van der Waals surface area contributed by atoms with Crippen LogP contribution in [0.5, 0.6) is 5.75 Å². The molecule has 0 aliphatic rings. The molecule has 146 valence electrons. The summed E-state index contributed by atoms with van der Waals surface area (Å²) in [5.41, 5.74) is 2.18. The van der Waals surface area contributed by atoms with Crippen molar-refractivity contribution in [3.05, 3.63) is 83.7 Å². The van der Waals surface area contributed by atoms with Crippen LogP contribution < -0.4 is 4.74 Å². The van der Waals surface area contributed by atoms with Crippen molar-refractivity contribution in [2.45, 2.75) is 13.3 Å². The first-order valence-electron chi connectivity index (χ1n) is 9.42. The van der Waals surface area contributed by atoms with Crippen LogP contribution in [0.1, 0.15) is 21.8 Å². The van der Waals surface area contributed by atoms with E-state index < -0.39 is 5.97 Å². The van der Waals surface area contributed by atoms with Gasteiger partial charge in [0.2, 0.25) is 5.89 Å². The van der Waals surface area contributed by atoms with Crippen LogP contribution >= 0.6 is 0 Å². The Morgan fingerprint density at radius 2 is 1.76 bits per heavy atom. The lowest BCUT2D eigenvalue weighted by molar-refractivity contribution is 0.0596. The Morgan fingerprint density at radius 1 is 1.00 bits per heavy atom. The number of carbonyl (C=O) groups is 1. The molecule has 1 heterocycles. The van der Waals surface area contributed by atoms with Gasteiger partial charge in [0.05, 0.1) is 19.4 Å². The first-order chi connectivity index (χ1) is 14.2. The second kappa shape index (κ2) is 8.19. The van der Waals surface area contributed by atoms with Crippen molar-refractivity contribution in [1.82, 2.24) is 4.98 Å². The van der Waals surface area contributed by atoms with Gasteiger partial charge < -0.3 is 13.9 Å². The standard InChI is InChI=1S/C24H21NO4/c1-16-21(25-23(29-16)18-9-4-3-5-10-18)14-15-28-22-19-11-7-6-8-17(19)12-13-20(22)24(26)27-2/h3-13H,14-15H2,1-2H3. The summed E-state index contributed by atoms with van der Waals surface area (Å²) in [7, 11) is 1.37. The van der Waals surface area contributed by atoms with Crippen LogP contribution in [0.3, 0.4) is 0 Å². The fraction of sp³-hybridized carbons (Fsp3) is 0.167. The largest absolute Gasteiger partial charge is 0.492 e. The fourth-order valence-corrected chi connectivity index (χ4v) is 3.28. The molecule has 0 N–H and O–H groups in total. The number of fused-ring (bicyclic) bond motifs is 1. The molecule has 0 spiro atoms. The molecule has 5 nitrogen and oxygen atoms in total. The third kappa shape index (κ3) is 3.85. The predicted octanol–water partition coefficient (Wildman–Crippen LogP) is 5.21. The van der Waals surface area contributed by atoms with Crippen LogP contribution in [0.15, 0.2) is 71.1 Å². The van der Waals surface area contributed by atoms with Crippen molar-refractivity contribution < 1.29 is 18.7 Å². The number of rotatable bonds is 6. The number of hydrogen-bond acceptors (Lipinski definition) is 5. The summed E-state index contributed by atoms with van der Waals surface area (Å²) in [6.45, 7) is 2.26. The molecule has 0 atom stereocenters. The Hall–Kier alpha value is -3.60. The summed E-state index contributed by atoms with van der Waals surface area (Å²) >= 11 is 0. The number of ether oxygens (including phenoxy) is 2. The van der Waals surface area contributed by atoms with Crippen LogP contribution in [0.25, 0.3) is 22.2 Å². The van der Waals surface area contributed by atoms with Gasteiger partial charge in [0.15, 0.2) is 0 Å². The van der Waals surface area contributed by atoms with Gasteiger partial charge in [-0.05, 0) is 30.5 Å². The summed E-state index contributed by atoms with van der Waals surface area (Å²) in [4.78, 5) is 16.8. The van der Waals surface area contributed by atoms with Gasteiger partial charge in [0, 0.05) is 17.4 Å². The first-order valence-corrected chi connectivity index (χ1v) is 9.42. The Labute approximate surface area is 168 Å². The molecule has 1 aromatic heterocycles. The summed E-state index contributed by atoms with van der Waals surface area (Å²) < 4.78 is 16.8. The van der Waals surface area contributed by atoms with Gasteiger partial charge in [0.1, 0.15) is 17.1 Å². The average Bonchev–Trinajstić information content (AvgIpc) is 3.14. The lowest BCUT2D eigenvalue weighted by atomic mass is 10.1. The summed E-state index contributed by atoms with van der Waals surface area (Å²) in [6.07, 6.45) is 0.562. The highest BCUT2D eigenvalue weighted by Gasteiger charge is 2.17. The Kier molecular flexibility index (Phi) is 5.29. The van der Waals surface area contributed by atoms with E-state index in [-0.39, 0.29) is 0 Å². The monoisotopic (exact) mass is 387 g/mol. The molecular weight excluding hydrogens is 366 g/mol. The molecule has 0 bridgehead atoms. The molecular formula is C24H21NO4. The van der Waals surface area contributed by atoms with Crippen LogP contribution in [0.4, 0.5) is 0 Å². The van der Waals surface area contributed by atoms with Gasteiger partial charge in [-0.2, -0.15) is 0 Å². The highest BCUT2D eigenvalue weighted by atomic mass is 16.5. The van der Waals surface area contributed by atoms with Crippen molar-refractivity contribution in [3.8, 4) is 17.2 Å². The maximum absolute atomic E-state index is 12.2. The number of aromatic nitrogens is 1. The van der Waals surface area contributed by atoms with Crippen LogP contribution in [-0.2, 0) is 11.2 Å². The van der Waals surface area contributed by atoms with Gasteiger partial charge in [-0.1, -0.05) is 48.5 Å². The van der Waals surface area contributed by atoms with E-state index in [0.717, 1.165) is 27.8 Å². The Balaban J connectivity index is 1.56. The minimum Gasteiger partial charge on any atom is -0.492 e. The number of aryl methyl sites for hydroxylation is 1. The number of nitrogens with zero attached hydrogens (tertiary/aromatic N) is 1. The minimum atomic E-state index is -0.422. The molecule has 0 aliphatic carbocycles. The van der Waals surface area contributed by atoms with E-state index in [1.54, 1.807) is 6.07 Å². The molecule has 4 rings (SSSR count). The highest BCUT2D eigenvalue weighted by Crippen LogP contribution is 2.31. The summed E-state index contributed by atoms with van der Waals surface area (Å²) in [5, 5.41) is 1.87. The fourth-order valence-electron chi connectivity index (χ4n) is 3.28. The predicted molar refractivity (Wildman–Crippen MR) is 111 cm³/mol. The number of carbonyl (C=O) groups excluding carboxylic acids is 1. The van der Waals surface area contributed by atoms with Crippen LogP contribution in [-0.4, -0.2) is 24.7 Å².